The van der Waals surface area contributed by atoms with Crippen molar-refractivity contribution in [2.75, 3.05) is 0 Å². The van der Waals surface area contributed by atoms with E-state index >= 15 is 0 Å². The van der Waals surface area contributed by atoms with Crippen LogP contribution in [-0.2, 0) is 6.54 Å². The van der Waals surface area contributed by atoms with E-state index in [1.807, 2.05) is 18.2 Å². The van der Waals surface area contributed by atoms with Gasteiger partial charge in [-0.15, -0.1) is 11.3 Å². The minimum atomic E-state index is 0.718. The molecule has 0 saturated heterocycles. The van der Waals surface area contributed by atoms with E-state index in [0.717, 1.165) is 28.1 Å². The Morgan fingerprint density at radius 2 is 2.31 bits per heavy atom. The van der Waals surface area contributed by atoms with Crippen molar-refractivity contribution in [3.8, 4) is 0 Å². The van der Waals surface area contributed by atoms with Gasteiger partial charge < -0.3 is 5.32 Å². The number of halogens is 1. The average Bonchev–Trinajstić information content (AvgIpc) is 2.57. The Kier molecular flexibility index (Phi) is 2.84. The largest absolute Gasteiger partial charge is 0.308 e. The third-order valence-corrected chi connectivity index (χ3v) is 4.31. The van der Waals surface area contributed by atoms with E-state index < -0.39 is 0 Å². The SMILES string of the molecule is Clc1ccc2sc(CNC3CCC3)nc2c1. The summed E-state index contributed by atoms with van der Waals surface area (Å²) >= 11 is 7.69. The molecule has 0 amide bonds. The number of thiazole rings is 1. The third-order valence-electron chi connectivity index (χ3n) is 3.04. The van der Waals surface area contributed by atoms with Gasteiger partial charge in [-0.25, -0.2) is 4.98 Å². The van der Waals surface area contributed by atoms with Crippen LogP contribution in [0.4, 0.5) is 0 Å². The topological polar surface area (TPSA) is 24.9 Å². The molecule has 1 fully saturated rings. The first-order valence-electron chi connectivity index (χ1n) is 5.59. The Morgan fingerprint density at radius 3 is 3.06 bits per heavy atom. The molecule has 3 rings (SSSR count). The number of benzene rings is 1. The standard InChI is InChI=1S/C12H13ClN2S/c13-8-4-5-11-10(6-8)15-12(16-11)7-14-9-2-1-3-9/h4-6,9,14H,1-3,7H2. The lowest BCUT2D eigenvalue weighted by atomic mass is 9.93. The fourth-order valence-electron chi connectivity index (χ4n) is 1.87. The molecule has 1 aliphatic rings. The van der Waals surface area contributed by atoms with Crippen LogP contribution in [0.15, 0.2) is 18.2 Å². The summed E-state index contributed by atoms with van der Waals surface area (Å²) in [5.41, 5.74) is 1.02. The molecular weight excluding hydrogens is 240 g/mol. The summed E-state index contributed by atoms with van der Waals surface area (Å²) in [4.78, 5) is 4.58. The second-order valence-electron chi connectivity index (χ2n) is 4.23. The molecule has 0 unspecified atom stereocenters. The molecule has 0 aliphatic heterocycles. The van der Waals surface area contributed by atoms with Crippen molar-refractivity contribution in [2.45, 2.75) is 31.8 Å². The van der Waals surface area contributed by atoms with Crippen LogP contribution in [-0.4, -0.2) is 11.0 Å². The zero-order chi connectivity index (χ0) is 11.0. The number of nitrogens with zero attached hydrogens (tertiary/aromatic N) is 1. The molecule has 1 aromatic carbocycles. The molecule has 1 aromatic heterocycles. The van der Waals surface area contributed by atoms with Gasteiger partial charge in [0.05, 0.1) is 10.2 Å². The number of fused-ring (bicyclic) bond motifs is 1. The molecule has 1 aliphatic carbocycles. The number of rotatable bonds is 3. The lowest BCUT2D eigenvalue weighted by Gasteiger charge is -2.25. The highest BCUT2D eigenvalue weighted by atomic mass is 35.5. The molecule has 4 heteroatoms. The highest BCUT2D eigenvalue weighted by Gasteiger charge is 2.16. The van der Waals surface area contributed by atoms with E-state index in [9.17, 15) is 0 Å². The van der Waals surface area contributed by atoms with Gasteiger partial charge in [-0.1, -0.05) is 18.0 Å². The van der Waals surface area contributed by atoms with E-state index in [4.69, 9.17) is 11.6 Å². The zero-order valence-electron chi connectivity index (χ0n) is 8.87. The Labute approximate surface area is 104 Å². The van der Waals surface area contributed by atoms with Gasteiger partial charge in [0.2, 0.25) is 0 Å². The number of nitrogens with one attached hydrogen (secondary N) is 1. The van der Waals surface area contributed by atoms with Crippen molar-refractivity contribution >= 4 is 33.2 Å². The molecule has 1 N–H and O–H groups in total. The predicted molar refractivity (Wildman–Crippen MR) is 69.1 cm³/mol. The number of hydrogen-bond donors (Lipinski definition) is 1. The van der Waals surface area contributed by atoms with Gasteiger partial charge in [0.1, 0.15) is 5.01 Å². The Morgan fingerprint density at radius 1 is 1.44 bits per heavy atom. The fraction of sp³-hybridized carbons (Fsp3) is 0.417. The van der Waals surface area contributed by atoms with Gasteiger partial charge in [-0.2, -0.15) is 0 Å². The van der Waals surface area contributed by atoms with Crippen molar-refractivity contribution in [2.24, 2.45) is 0 Å². The summed E-state index contributed by atoms with van der Waals surface area (Å²) in [5.74, 6) is 0. The summed E-state index contributed by atoms with van der Waals surface area (Å²) in [7, 11) is 0. The molecule has 1 saturated carbocycles. The van der Waals surface area contributed by atoms with E-state index in [0.29, 0.717) is 0 Å². The minimum absolute atomic E-state index is 0.718. The second kappa shape index (κ2) is 4.32. The van der Waals surface area contributed by atoms with Crippen molar-refractivity contribution in [1.29, 1.82) is 0 Å². The van der Waals surface area contributed by atoms with Crippen molar-refractivity contribution in [3.63, 3.8) is 0 Å². The lowest BCUT2D eigenvalue weighted by Crippen LogP contribution is -2.34. The van der Waals surface area contributed by atoms with Crippen LogP contribution in [0.1, 0.15) is 24.3 Å². The minimum Gasteiger partial charge on any atom is -0.308 e. The molecule has 16 heavy (non-hydrogen) atoms. The first kappa shape index (κ1) is 10.5. The summed E-state index contributed by atoms with van der Waals surface area (Å²) in [5, 5.41) is 5.44. The van der Waals surface area contributed by atoms with Crippen LogP contribution >= 0.6 is 22.9 Å². The quantitative estimate of drug-likeness (QED) is 0.903. The van der Waals surface area contributed by atoms with Crippen molar-refractivity contribution in [1.82, 2.24) is 10.3 Å². The van der Waals surface area contributed by atoms with Gasteiger partial charge in [0.15, 0.2) is 0 Å². The fourth-order valence-corrected chi connectivity index (χ4v) is 2.93. The van der Waals surface area contributed by atoms with E-state index in [-0.39, 0.29) is 0 Å². The number of hydrogen-bond acceptors (Lipinski definition) is 3. The second-order valence-corrected chi connectivity index (χ2v) is 5.78. The predicted octanol–water partition coefficient (Wildman–Crippen LogP) is 3.59. The van der Waals surface area contributed by atoms with Crippen molar-refractivity contribution in [3.05, 3.63) is 28.2 Å². The summed E-state index contributed by atoms with van der Waals surface area (Å²) in [6, 6.07) is 6.61. The molecule has 0 bridgehead atoms. The first-order valence-corrected chi connectivity index (χ1v) is 6.79. The van der Waals surface area contributed by atoms with Crippen LogP contribution in [0.25, 0.3) is 10.2 Å². The maximum Gasteiger partial charge on any atom is 0.108 e. The molecule has 1 heterocycles. The monoisotopic (exact) mass is 252 g/mol. The van der Waals surface area contributed by atoms with E-state index in [1.165, 1.54) is 24.0 Å². The normalized spacial score (nSPS) is 16.6. The highest BCUT2D eigenvalue weighted by molar-refractivity contribution is 7.18. The zero-order valence-corrected chi connectivity index (χ0v) is 10.4. The maximum atomic E-state index is 5.94. The number of aromatic nitrogens is 1. The maximum absolute atomic E-state index is 5.94. The highest BCUT2D eigenvalue weighted by Crippen LogP contribution is 2.25. The molecule has 2 aromatic rings. The Bertz CT molecular complexity index is 505. The first-order chi connectivity index (χ1) is 7.81. The molecule has 84 valence electrons. The van der Waals surface area contributed by atoms with Crippen LogP contribution in [0.5, 0.6) is 0 Å². The van der Waals surface area contributed by atoms with Gasteiger partial charge >= 0.3 is 0 Å². The van der Waals surface area contributed by atoms with Gasteiger partial charge in [-0.05, 0) is 31.0 Å². The summed E-state index contributed by atoms with van der Waals surface area (Å²) < 4.78 is 1.22. The smallest absolute Gasteiger partial charge is 0.108 e. The van der Waals surface area contributed by atoms with Gasteiger partial charge in [0.25, 0.3) is 0 Å². The molecule has 0 radical (unpaired) electrons. The van der Waals surface area contributed by atoms with Gasteiger partial charge in [-0.3, -0.25) is 0 Å². The lowest BCUT2D eigenvalue weighted by molar-refractivity contribution is 0.338. The van der Waals surface area contributed by atoms with Crippen LogP contribution in [0.3, 0.4) is 0 Å². The molecule has 0 atom stereocenters. The van der Waals surface area contributed by atoms with Crippen LogP contribution in [0, 0.1) is 0 Å². The Balaban J connectivity index is 1.76. The van der Waals surface area contributed by atoms with Crippen LogP contribution in [0.2, 0.25) is 5.02 Å². The van der Waals surface area contributed by atoms with E-state index in [1.54, 1.807) is 11.3 Å². The van der Waals surface area contributed by atoms with Gasteiger partial charge in [0, 0.05) is 17.6 Å². The third kappa shape index (κ3) is 2.08. The molecule has 2 nitrogen and oxygen atoms in total. The summed E-state index contributed by atoms with van der Waals surface area (Å²) in [6.45, 7) is 0.891. The van der Waals surface area contributed by atoms with E-state index in [2.05, 4.69) is 10.3 Å². The molecule has 0 spiro atoms. The Hall–Kier alpha value is -0.640. The van der Waals surface area contributed by atoms with Crippen LogP contribution < -0.4 is 5.32 Å². The molecular formula is C12H13ClN2S. The van der Waals surface area contributed by atoms with Crippen molar-refractivity contribution < 1.29 is 0 Å². The average molecular weight is 253 g/mol. The summed E-state index contributed by atoms with van der Waals surface area (Å²) in [6.07, 6.45) is 4.00.